The zero-order valence-corrected chi connectivity index (χ0v) is 8.50. The zero-order chi connectivity index (χ0) is 9.46. The molecule has 0 saturated carbocycles. The van der Waals surface area contributed by atoms with Gasteiger partial charge in [0.25, 0.3) is 0 Å². The third kappa shape index (κ3) is 1.93. The lowest BCUT2D eigenvalue weighted by molar-refractivity contribution is 1.41. The molecule has 0 bridgehead atoms. The van der Waals surface area contributed by atoms with Crippen molar-refractivity contribution in [2.45, 2.75) is 6.92 Å². The summed E-state index contributed by atoms with van der Waals surface area (Å²) in [5.74, 6) is 0. The van der Waals surface area contributed by atoms with Crippen LogP contribution < -0.4 is 0 Å². The van der Waals surface area contributed by atoms with E-state index in [1.54, 1.807) is 6.92 Å². The zero-order valence-electron chi connectivity index (χ0n) is 7.76. The summed E-state index contributed by atoms with van der Waals surface area (Å²) in [7, 11) is 0. The highest BCUT2D eigenvalue weighted by atomic mass is 127. The normalized spacial score (nSPS) is 14.3. The Labute approximate surface area is 81.1 Å². The van der Waals surface area contributed by atoms with Gasteiger partial charge in [0.05, 0.1) is 4.11 Å². The first-order valence-electron chi connectivity index (χ1n) is 3.88. The predicted octanol–water partition coefficient (Wildman–Crippen LogP) is 3.36. The standard InChI is InChI=1S/C7H6BrI/c1-5-4-6(8)2-3-7(5)9/h2-4H,1H3/i2D,3D,4D. The van der Waals surface area contributed by atoms with Crippen molar-refractivity contribution < 1.29 is 4.11 Å². The van der Waals surface area contributed by atoms with E-state index >= 15 is 0 Å². The maximum atomic E-state index is 7.57. The minimum absolute atomic E-state index is 0.0926. The molecule has 0 aliphatic rings. The number of hydrogen-bond donors (Lipinski definition) is 0. The molecule has 1 rings (SSSR count). The number of halogens is 2. The Balaban J connectivity index is 3.60. The summed E-state index contributed by atoms with van der Waals surface area (Å²) >= 11 is 5.11. The highest BCUT2D eigenvalue weighted by Crippen LogP contribution is 2.16. The van der Waals surface area contributed by atoms with E-state index in [4.69, 9.17) is 4.11 Å². The largest absolute Gasteiger partial charge is 0.0638 e. The molecule has 9 heavy (non-hydrogen) atoms. The fraction of sp³-hybridized carbons (Fsp3) is 0.143. The van der Waals surface area contributed by atoms with Crippen LogP contribution in [-0.2, 0) is 0 Å². The molecule has 0 nitrogen and oxygen atoms in total. The summed E-state index contributed by atoms with van der Waals surface area (Å²) < 4.78 is 23.6. The Bertz CT molecular complexity index is 233. The van der Waals surface area contributed by atoms with Crippen molar-refractivity contribution >= 4 is 38.5 Å². The molecule has 1 aromatic rings. The van der Waals surface area contributed by atoms with Gasteiger partial charge in [-0.1, -0.05) is 15.9 Å². The second kappa shape index (κ2) is 3.01. The molecular weight excluding hydrogens is 291 g/mol. The predicted molar refractivity (Wildman–Crippen MR) is 51.6 cm³/mol. The lowest BCUT2D eigenvalue weighted by Crippen LogP contribution is -1.76. The lowest BCUT2D eigenvalue weighted by atomic mass is 10.2. The van der Waals surface area contributed by atoms with Gasteiger partial charge in [0.1, 0.15) is 0 Å². The molecule has 0 atom stereocenters. The van der Waals surface area contributed by atoms with E-state index in [9.17, 15) is 0 Å². The van der Waals surface area contributed by atoms with Crippen LogP contribution >= 0.6 is 38.5 Å². The molecule has 0 unspecified atom stereocenters. The summed E-state index contributed by atoms with van der Waals surface area (Å²) in [5.41, 5.74) is 0.753. The average Bonchev–Trinajstić information content (AvgIpc) is 2.08. The quantitative estimate of drug-likeness (QED) is 0.645. The molecule has 0 spiro atoms. The minimum Gasteiger partial charge on any atom is -0.0508 e. The van der Waals surface area contributed by atoms with Crippen molar-refractivity contribution in [3.05, 3.63) is 31.7 Å². The fourth-order valence-electron chi connectivity index (χ4n) is 0.454. The van der Waals surface area contributed by atoms with Gasteiger partial charge >= 0.3 is 0 Å². The van der Waals surface area contributed by atoms with E-state index in [1.807, 2.05) is 22.6 Å². The second-order valence-corrected chi connectivity index (χ2v) is 3.50. The summed E-state index contributed by atoms with van der Waals surface area (Å²) in [6.45, 7) is 1.78. The monoisotopic (exact) mass is 299 g/mol. The Morgan fingerprint density at radius 1 is 1.67 bits per heavy atom. The summed E-state index contributed by atoms with van der Waals surface area (Å²) in [6, 6.07) is 0.589. The summed E-state index contributed by atoms with van der Waals surface area (Å²) in [5, 5.41) is 0. The van der Waals surface area contributed by atoms with Crippen LogP contribution in [0.4, 0.5) is 0 Å². The molecule has 0 N–H and O–H groups in total. The van der Waals surface area contributed by atoms with Gasteiger partial charge in [0.15, 0.2) is 0 Å². The first-order valence-corrected chi connectivity index (χ1v) is 4.25. The van der Waals surface area contributed by atoms with E-state index < -0.39 is 0 Å². The van der Waals surface area contributed by atoms with Crippen LogP contribution in [0.1, 0.15) is 9.68 Å². The highest BCUT2D eigenvalue weighted by molar-refractivity contribution is 14.1. The van der Waals surface area contributed by atoms with Gasteiger partial charge in [0, 0.05) is 8.04 Å². The van der Waals surface area contributed by atoms with Crippen molar-refractivity contribution in [2.75, 3.05) is 0 Å². The molecular formula is C7H6BrI. The summed E-state index contributed by atoms with van der Waals surface area (Å²) in [4.78, 5) is 0. The molecule has 0 heterocycles. The SMILES string of the molecule is [2H]c1c([2H])c(I)c(C)c([2H])c1Br. The van der Waals surface area contributed by atoms with Gasteiger partial charge in [-0.15, -0.1) is 0 Å². The van der Waals surface area contributed by atoms with Crippen LogP contribution in [0.25, 0.3) is 0 Å². The van der Waals surface area contributed by atoms with E-state index in [0.29, 0.717) is 14.1 Å². The Kier molecular flexibility index (Phi) is 1.45. The van der Waals surface area contributed by atoms with Crippen molar-refractivity contribution in [3.63, 3.8) is 0 Å². The van der Waals surface area contributed by atoms with Crippen molar-refractivity contribution in [2.24, 2.45) is 0 Å². The third-order valence-electron chi connectivity index (χ3n) is 0.908. The summed E-state index contributed by atoms with van der Waals surface area (Å²) in [6.07, 6.45) is 0. The van der Waals surface area contributed by atoms with Crippen LogP contribution in [0.5, 0.6) is 0 Å². The molecule has 2 heteroatoms. The van der Waals surface area contributed by atoms with Gasteiger partial charge < -0.3 is 0 Å². The smallest absolute Gasteiger partial charge is 0.0508 e. The van der Waals surface area contributed by atoms with Gasteiger partial charge in [-0.2, -0.15) is 0 Å². The van der Waals surface area contributed by atoms with Crippen LogP contribution in [0, 0.1) is 10.5 Å². The Hall–Kier alpha value is 0.430. The minimum atomic E-state index is 0.0926. The highest BCUT2D eigenvalue weighted by Gasteiger charge is 1.91. The molecule has 0 saturated heterocycles. The Morgan fingerprint density at radius 3 is 3.00 bits per heavy atom. The van der Waals surface area contributed by atoms with Crippen LogP contribution in [0.15, 0.2) is 22.6 Å². The molecule has 1 aromatic carbocycles. The Morgan fingerprint density at radius 2 is 2.33 bits per heavy atom. The molecule has 0 amide bonds. The van der Waals surface area contributed by atoms with Crippen LogP contribution in [-0.4, -0.2) is 0 Å². The van der Waals surface area contributed by atoms with Crippen LogP contribution in [0.2, 0.25) is 0 Å². The number of hydrogen-bond acceptors (Lipinski definition) is 0. The number of rotatable bonds is 0. The van der Waals surface area contributed by atoms with Gasteiger partial charge in [-0.05, 0) is 53.2 Å². The fourth-order valence-corrected chi connectivity index (χ4v) is 1.12. The molecule has 0 fully saturated rings. The van der Waals surface area contributed by atoms with Crippen molar-refractivity contribution in [3.8, 4) is 0 Å². The maximum absolute atomic E-state index is 7.57. The van der Waals surface area contributed by atoms with Crippen LogP contribution in [0.3, 0.4) is 0 Å². The molecule has 0 aliphatic carbocycles. The van der Waals surface area contributed by atoms with E-state index in [2.05, 4.69) is 15.9 Å². The van der Waals surface area contributed by atoms with E-state index in [1.165, 1.54) is 0 Å². The molecule has 0 aliphatic heterocycles. The number of benzene rings is 1. The lowest BCUT2D eigenvalue weighted by Gasteiger charge is -1.95. The van der Waals surface area contributed by atoms with Crippen molar-refractivity contribution in [1.82, 2.24) is 0 Å². The first kappa shape index (κ1) is 4.34. The molecule has 0 aromatic heterocycles. The second-order valence-electron chi connectivity index (χ2n) is 1.63. The molecule has 0 radical (unpaired) electrons. The topological polar surface area (TPSA) is 0 Å². The third-order valence-corrected chi connectivity index (χ3v) is 2.38. The molecule has 48 valence electrons. The van der Waals surface area contributed by atoms with Gasteiger partial charge in [-0.25, -0.2) is 0 Å². The first-order chi connectivity index (χ1) is 5.46. The van der Waals surface area contributed by atoms with E-state index in [-0.39, 0.29) is 12.1 Å². The van der Waals surface area contributed by atoms with Gasteiger partial charge in [0.2, 0.25) is 0 Å². The van der Waals surface area contributed by atoms with E-state index in [0.717, 1.165) is 5.56 Å². The average molecular weight is 300 g/mol. The van der Waals surface area contributed by atoms with Gasteiger partial charge in [-0.3, -0.25) is 0 Å². The maximum Gasteiger partial charge on any atom is 0.0638 e. The van der Waals surface area contributed by atoms with Crippen molar-refractivity contribution in [1.29, 1.82) is 0 Å².